The predicted octanol–water partition coefficient (Wildman–Crippen LogP) is 2.92. The summed E-state index contributed by atoms with van der Waals surface area (Å²) in [6.45, 7) is 2.51. The highest BCUT2D eigenvalue weighted by Crippen LogP contribution is 2.26. The molecule has 54 heavy (non-hydrogen) atoms. The lowest BCUT2D eigenvalue weighted by atomic mass is 9.98. The van der Waals surface area contributed by atoms with Crippen LogP contribution >= 0.6 is 0 Å². The minimum Gasteiger partial charge on any atom is -0.462 e. The Bertz CT molecular complexity index is 970. The number of aliphatic hydroxyl groups excluding tert-OH is 7. The molecule has 0 unspecified atom stereocenters. The van der Waals surface area contributed by atoms with Gasteiger partial charge in [0.2, 0.25) is 0 Å². The summed E-state index contributed by atoms with van der Waals surface area (Å²) in [7, 11) is 0. The predicted molar refractivity (Wildman–Crippen MR) is 197 cm³/mol. The number of unbranched alkanes of at least 4 members (excludes halogenated alkanes) is 16. The average Bonchev–Trinajstić information content (AvgIpc) is 3.16. The smallest absolute Gasteiger partial charge is 0.306 e. The van der Waals surface area contributed by atoms with E-state index in [-0.39, 0.29) is 26.1 Å². The van der Waals surface area contributed by atoms with Crippen molar-refractivity contribution in [3.05, 3.63) is 0 Å². The second-order valence-electron chi connectivity index (χ2n) is 14.8. The van der Waals surface area contributed by atoms with Crippen molar-refractivity contribution < 1.29 is 73.8 Å². The lowest BCUT2D eigenvalue weighted by Gasteiger charge is -2.42. The Labute approximate surface area is 321 Å². The third-order valence-corrected chi connectivity index (χ3v) is 10.1. The van der Waals surface area contributed by atoms with Gasteiger partial charge in [-0.1, -0.05) is 117 Å². The second kappa shape index (κ2) is 28.8. The van der Waals surface area contributed by atoms with E-state index in [1.165, 1.54) is 64.2 Å². The van der Waals surface area contributed by atoms with Gasteiger partial charge in [-0.05, 0) is 12.8 Å². The quantitative estimate of drug-likeness (QED) is 0.0411. The van der Waals surface area contributed by atoms with Gasteiger partial charge in [0.15, 0.2) is 18.7 Å². The second-order valence-corrected chi connectivity index (χ2v) is 14.8. The third-order valence-electron chi connectivity index (χ3n) is 10.1. The first kappa shape index (κ1) is 48.6. The van der Waals surface area contributed by atoms with Gasteiger partial charge >= 0.3 is 11.9 Å². The summed E-state index contributed by atoms with van der Waals surface area (Å²) in [5.74, 6) is -0.927. The van der Waals surface area contributed by atoms with Gasteiger partial charge in [0.25, 0.3) is 0 Å². The number of carbonyl (C=O) groups is 2. The molecule has 11 atom stereocenters. The van der Waals surface area contributed by atoms with Crippen LogP contribution in [0.15, 0.2) is 0 Å². The minimum absolute atomic E-state index is 0.170. The Morgan fingerprint density at radius 1 is 0.519 bits per heavy atom. The lowest BCUT2D eigenvalue weighted by Crippen LogP contribution is -2.61. The first-order chi connectivity index (χ1) is 26.0. The van der Waals surface area contributed by atoms with Crippen LogP contribution in [-0.2, 0) is 38.0 Å². The molecule has 2 saturated heterocycles. The number of ether oxygens (including phenoxy) is 6. The van der Waals surface area contributed by atoms with E-state index in [4.69, 9.17) is 28.4 Å². The maximum Gasteiger partial charge on any atom is 0.306 e. The molecule has 0 aromatic rings. The number of hydrogen-bond donors (Lipinski definition) is 7. The van der Waals surface area contributed by atoms with Crippen molar-refractivity contribution in [3.63, 3.8) is 0 Å². The fraction of sp³-hybridized carbons (Fsp3) is 0.949. The maximum absolute atomic E-state index is 12.8. The van der Waals surface area contributed by atoms with E-state index in [2.05, 4.69) is 13.8 Å². The molecule has 0 spiro atoms. The molecule has 2 aliphatic heterocycles. The molecular formula is C39H72O15. The molecule has 0 aromatic carbocycles. The first-order valence-electron chi connectivity index (χ1n) is 20.6. The largest absolute Gasteiger partial charge is 0.462 e. The summed E-state index contributed by atoms with van der Waals surface area (Å²) in [5, 5.41) is 71.5. The highest BCUT2D eigenvalue weighted by Gasteiger charge is 2.47. The molecule has 0 aromatic heterocycles. The van der Waals surface area contributed by atoms with Crippen LogP contribution in [0.25, 0.3) is 0 Å². The fourth-order valence-corrected chi connectivity index (χ4v) is 6.57. The summed E-state index contributed by atoms with van der Waals surface area (Å²) in [5.41, 5.74) is 0. The van der Waals surface area contributed by atoms with Crippen LogP contribution in [0.1, 0.15) is 142 Å². The van der Waals surface area contributed by atoms with Gasteiger partial charge in [-0.2, -0.15) is 0 Å². The standard InChI is InChI=1S/C39H72O15/c1-3-5-7-9-11-13-15-17-19-21-30(41)49-24-27(52-31(42)22-20-18-16-14-12-10-8-6-4-2)25-50-38-37(48)35(46)33(44)29(54-38)26-51-39-36(47)34(45)32(43)28(23-40)53-39/h27-29,32-40,43-48H,3-26H2,1-2H3/t27-,28-,29-,32-,33+,34+,35+,36-,37-,38-,39-/m1/s1. The summed E-state index contributed by atoms with van der Waals surface area (Å²) < 4.78 is 33.3. The van der Waals surface area contributed by atoms with Gasteiger partial charge in [-0.3, -0.25) is 9.59 Å². The van der Waals surface area contributed by atoms with Gasteiger partial charge < -0.3 is 64.2 Å². The van der Waals surface area contributed by atoms with Gasteiger partial charge in [0.1, 0.15) is 55.4 Å². The van der Waals surface area contributed by atoms with Crippen LogP contribution in [0, 0.1) is 0 Å². The van der Waals surface area contributed by atoms with Crippen LogP contribution in [0.2, 0.25) is 0 Å². The molecule has 0 radical (unpaired) electrons. The molecule has 2 heterocycles. The normalized spacial score (nSPS) is 29.2. The van der Waals surface area contributed by atoms with Crippen molar-refractivity contribution in [2.24, 2.45) is 0 Å². The molecule has 0 saturated carbocycles. The monoisotopic (exact) mass is 780 g/mol. The molecule has 7 N–H and O–H groups in total. The Balaban J connectivity index is 1.90. The number of rotatable bonds is 30. The van der Waals surface area contributed by atoms with E-state index < -0.39 is 92.7 Å². The molecule has 2 fully saturated rings. The van der Waals surface area contributed by atoms with Crippen molar-refractivity contribution in [1.82, 2.24) is 0 Å². The zero-order valence-corrected chi connectivity index (χ0v) is 32.7. The minimum atomic E-state index is -1.76. The number of hydrogen-bond acceptors (Lipinski definition) is 15. The van der Waals surface area contributed by atoms with Crippen LogP contribution in [0.4, 0.5) is 0 Å². The first-order valence-corrected chi connectivity index (χ1v) is 20.6. The Hall–Kier alpha value is -1.50. The van der Waals surface area contributed by atoms with Gasteiger partial charge in [-0.15, -0.1) is 0 Å². The van der Waals surface area contributed by atoms with Crippen molar-refractivity contribution >= 4 is 11.9 Å². The topological polar surface area (TPSA) is 231 Å². The van der Waals surface area contributed by atoms with E-state index in [9.17, 15) is 45.3 Å². The average molecular weight is 781 g/mol. The molecular weight excluding hydrogens is 708 g/mol. The van der Waals surface area contributed by atoms with E-state index >= 15 is 0 Å². The molecule has 2 aliphatic rings. The zero-order chi connectivity index (χ0) is 39.7. The molecule has 0 aliphatic carbocycles. The van der Waals surface area contributed by atoms with Crippen molar-refractivity contribution in [2.45, 2.75) is 210 Å². The van der Waals surface area contributed by atoms with Gasteiger partial charge in [0.05, 0.1) is 19.8 Å². The van der Waals surface area contributed by atoms with Gasteiger partial charge in [-0.25, -0.2) is 0 Å². The van der Waals surface area contributed by atoms with Crippen LogP contribution in [0.3, 0.4) is 0 Å². The Kier molecular flexibility index (Phi) is 26.0. The molecule has 15 nitrogen and oxygen atoms in total. The van der Waals surface area contributed by atoms with Crippen molar-refractivity contribution in [3.8, 4) is 0 Å². The Morgan fingerprint density at radius 3 is 1.44 bits per heavy atom. The van der Waals surface area contributed by atoms with Crippen LogP contribution in [0.5, 0.6) is 0 Å². The van der Waals surface area contributed by atoms with E-state index in [0.717, 1.165) is 38.5 Å². The third kappa shape index (κ3) is 18.6. The molecule has 318 valence electrons. The molecule has 0 amide bonds. The molecule has 0 bridgehead atoms. The summed E-state index contributed by atoms with van der Waals surface area (Å²) in [4.78, 5) is 25.4. The summed E-state index contributed by atoms with van der Waals surface area (Å²) >= 11 is 0. The zero-order valence-electron chi connectivity index (χ0n) is 32.7. The molecule has 2 rings (SSSR count). The SMILES string of the molecule is CCCCCCCCCCCC(=O)OC[C@H](CO[C@@H]1O[C@H](CO[C@@H]2O[C@H](CO)[C@@H](O)[C@H](O)[C@H]2O)[C@H](O)[C@H](O)[C@H]1O)OC(=O)CCCCCCCCCCC. The highest BCUT2D eigenvalue weighted by molar-refractivity contribution is 5.70. The molecule has 15 heteroatoms. The van der Waals surface area contributed by atoms with Crippen LogP contribution < -0.4 is 0 Å². The van der Waals surface area contributed by atoms with Gasteiger partial charge in [0, 0.05) is 12.8 Å². The lowest BCUT2D eigenvalue weighted by molar-refractivity contribution is -0.332. The number of aliphatic hydroxyl groups is 7. The van der Waals surface area contributed by atoms with Crippen LogP contribution in [-0.4, -0.2) is 142 Å². The van der Waals surface area contributed by atoms with E-state index in [1.807, 2.05) is 0 Å². The van der Waals surface area contributed by atoms with Crippen molar-refractivity contribution in [2.75, 3.05) is 26.4 Å². The van der Waals surface area contributed by atoms with E-state index in [1.54, 1.807) is 0 Å². The maximum atomic E-state index is 12.8. The summed E-state index contributed by atoms with van der Waals surface area (Å²) in [6.07, 6.45) is 3.25. The number of esters is 2. The fourth-order valence-electron chi connectivity index (χ4n) is 6.57. The summed E-state index contributed by atoms with van der Waals surface area (Å²) in [6, 6.07) is 0. The number of carbonyl (C=O) groups excluding carboxylic acids is 2. The van der Waals surface area contributed by atoms with E-state index in [0.29, 0.717) is 12.8 Å². The van der Waals surface area contributed by atoms with Crippen molar-refractivity contribution in [1.29, 1.82) is 0 Å². The Morgan fingerprint density at radius 2 is 0.944 bits per heavy atom. The highest BCUT2D eigenvalue weighted by atomic mass is 16.7.